The lowest BCUT2D eigenvalue weighted by Gasteiger charge is -2.38. The van der Waals surface area contributed by atoms with Crippen molar-refractivity contribution in [2.24, 2.45) is 10.4 Å². The first-order valence-corrected chi connectivity index (χ1v) is 9.45. The fraction of sp³-hybridized carbons (Fsp3) is 0.765. The highest BCUT2D eigenvalue weighted by Gasteiger charge is 2.43. The van der Waals surface area contributed by atoms with Crippen molar-refractivity contribution in [3.63, 3.8) is 0 Å². The number of nitrogens with one attached hydrogen (secondary N) is 1. The Hall–Kier alpha value is -1.10. The highest BCUT2D eigenvalue weighted by molar-refractivity contribution is 7.09. The molecule has 0 radical (unpaired) electrons. The minimum absolute atomic E-state index is 0.639. The van der Waals surface area contributed by atoms with Crippen molar-refractivity contribution in [2.75, 3.05) is 26.7 Å². The molecule has 1 spiro atoms. The molecule has 0 unspecified atom stereocenters. The van der Waals surface area contributed by atoms with Gasteiger partial charge in [-0.15, -0.1) is 11.3 Å². The Balaban J connectivity index is 1.35. The molecule has 1 aliphatic heterocycles. The van der Waals surface area contributed by atoms with Crippen LogP contribution in [0.4, 0.5) is 0 Å². The Bertz CT molecular complexity index is 518. The number of guanidine groups is 1. The molecule has 122 valence electrons. The highest BCUT2D eigenvalue weighted by Crippen LogP contribution is 2.47. The van der Waals surface area contributed by atoms with Gasteiger partial charge in [0.1, 0.15) is 0 Å². The van der Waals surface area contributed by atoms with E-state index in [9.17, 15) is 0 Å². The number of hydrogen-bond donors (Lipinski definition) is 1. The van der Waals surface area contributed by atoms with Gasteiger partial charge in [-0.25, -0.2) is 4.98 Å². The molecule has 1 aliphatic carbocycles. The molecular weight excluding hydrogens is 292 g/mol. The molecular formula is C17H28N4S. The standard InChI is InChI=1S/C17H28N4S/c1-14-12-22-15(20-14)6-3-4-10-19-16(18-2)21-11-9-17(13-21)7-5-8-17/h12H,3-11,13H2,1-2H3,(H,18,19). The second-order valence-corrected chi connectivity index (χ2v) is 7.78. The van der Waals surface area contributed by atoms with Gasteiger partial charge in [0.2, 0.25) is 0 Å². The Kier molecular flexibility index (Phi) is 5.01. The van der Waals surface area contributed by atoms with E-state index >= 15 is 0 Å². The Labute approximate surface area is 138 Å². The van der Waals surface area contributed by atoms with E-state index in [1.807, 2.05) is 7.05 Å². The van der Waals surface area contributed by atoms with Gasteiger partial charge >= 0.3 is 0 Å². The van der Waals surface area contributed by atoms with Crippen LogP contribution >= 0.6 is 11.3 Å². The molecule has 1 N–H and O–H groups in total. The maximum atomic E-state index is 4.52. The van der Waals surface area contributed by atoms with Crippen LogP contribution in [0.5, 0.6) is 0 Å². The topological polar surface area (TPSA) is 40.5 Å². The van der Waals surface area contributed by atoms with Gasteiger partial charge < -0.3 is 10.2 Å². The Morgan fingerprint density at radius 1 is 1.41 bits per heavy atom. The van der Waals surface area contributed by atoms with Crippen molar-refractivity contribution in [1.29, 1.82) is 0 Å². The van der Waals surface area contributed by atoms with Gasteiger partial charge in [0.25, 0.3) is 0 Å². The zero-order chi connectivity index (χ0) is 15.4. The fourth-order valence-electron chi connectivity index (χ4n) is 3.65. The number of aryl methyl sites for hydroxylation is 2. The maximum absolute atomic E-state index is 4.52. The maximum Gasteiger partial charge on any atom is 0.193 e. The van der Waals surface area contributed by atoms with Gasteiger partial charge in [-0.2, -0.15) is 0 Å². The van der Waals surface area contributed by atoms with Crippen molar-refractivity contribution in [3.05, 3.63) is 16.1 Å². The van der Waals surface area contributed by atoms with Crippen LogP contribution in [0.25, 0.3) is 0 Å². The van der Waals surface area contributed by atoms with Crippen LogP contribution in [-0.2, 0) is 6.42 Å². The van der Waals surface area contributed by atoms with E-state index in [2.05, 4.69) is 32.5 Å². The average Bonchev–Trinajstić information content (AvgIpc) is 3.09. The van der Waals surface area contributed by atoms with E-state index in [1.54, 1.807) is 11.3 Å². The molecule has 2 heterocycles. The zero-order valence-electron chi connectivity index (χ0n) is 13.9. The quantitative estimate of drug-likeness (QED) is 0.514. The lowest BCUT2D eigenvalue weighted by atomic mass is 9.68. The van der Waals surface area contributed by atoms with E-state index in [1.165, 1.54) is 56.6 Å². The first-order chi connectivity index (χ1) is 10.7. The largest absolute Gasteiger partial charge is 0.356 e. The van der Waals surface area contributed by atoms with E-state index in [4.69, 9.17) is 0 Å². The number of hydrogen-bond acceptors (Lipinski definition) is 3. The summed E-state index contributed by atoms with van der Waals surface area (Å²) in [7, 11) is 1.91. The van der Waals surface area contributed by atoms with E-state index in [0.29, 0.717) is 5.41 Å². The predicted molar refractivity (Wildman–Crippen MR) is 93.6 cm³/mol. The number of thiazole rings is 1. The molecule has 0 atom stereocenters. The fourth-order valence-corrected chi connectivity index (χ4v) is 4.47. The van der Waals surface area contributed by atoms with Gasteiger partial charge in [-0.3, -0.25) is 4.99 Å². The summed E-state index contributed by atoms with van der Waals surface area (Å²) >= 11 is 1.78. The molecule has 0 aromatic carbocycles. The minimum Gasteiger partial charge on any atom is -0.356 e. The summed E-state index contributed by atoms with van der Waals surface area (Å²) in [5.74, 6) is 1.11. The molecule has 22 heavy (non-hydrogen) atoms. The minimum atomic E-state index is 0.639. The second-order valence-electron chi connectivity index (χ2n) is 6.84. The number of aliphatic imine (C=N–C) groups is 1. The monoisotopic (exact) mass is 320 g/mol. The summed E-state index contributed by atoms with van der Waals surface area (Å²) in [6.45, 7) is 5.47. The van der Waals surface area contributed by atoms with Crippen molar-refractivity contribution in [3.8, 4) is 0 Å². The number of likely N-dealkylation sites (tertiary alicyclic amines) is 1. The molecule has 3 rings (SSSR count). The predicted octanol–water partition coefficient (Wildman–Crippen LogP) is 3.23. The number of rotatable bonds is 5. The SMILES string of the molecule is CN=C(NCCCCc1nc(C)cs1)N1CCC2(CCC2)C1. The molecule has 0 bridgehead atoms. The second kappa shape index (κ2) is 6.99. The molecule has 4 nitrogen and oxygen atoms in total. The van der Waals surface area contributed by atoms with Crippen LogP contribution in [0, 0.1) is 12.3 Å². The summed E-state index contributed by atoms with van der Waals surface area (Å²) < 4.78 is 0. The van der Waals surface area contributed by atoms with Crippen LogP contribution in [0.15, 0.2) is 10.4 Å². The van der Waals surface area contributed by atoms with Gasteiger partial charge in [0.05, 0.1) is 5.01 Å². The van der Waals surface area contributed by atoms with Crippen LogP contribution < -0.4 is 5.32 Å². The summed E-state index contributed by atoms with van der Waals surface area (Å²) in [6.07, 6.45) is 9.11. The van der Waals surface area contributed by atoms with Crippen LogP contribution in [0.2, 0.25) is 0 Å². The summed E-state index contributed by atoms with van der Waals surface area (Å²) in [5, 5.41) is 6.96. The third kappa shape index (κ3) is 3.62. The Morgan fingerprint density at radius 2 is 2.27 bits per heavy atom. The summed E-state index contributed by atoms with van der Waals surface area (Å²) in [6, 6.07) is 0. The number of nitrogens with zero attached hydrogens (tertiary/aromatic N) is 3. The average molecular weight is 321 g/mol. The first-order valence-electron chi connectivity index (χ1n) is 8.57. The van der Waals surface area contributed by atoms with E-state index in [-0.39, 0.29) is 0 Å². The van der Waals surface area contributed by atoms with Crippen molar-refractivity contribution in [1.82, 2.24) is 15.2 Å². The highest BCUT2D eigenvalue weighted by atomic mass is 32.1. The molecule has 2 fully saturated rings. The molecule has 1 saturated carbocycles. The van der Waals surface area contributed by atoms with Gasteiger partial charge in [0.15, 0.2) is 5.96 Å². The van der Waals surface area contributed by atoms with Gasteiger partial charge in [0, 0.05) is 37.8 Å². The smallest absolute Gasteiger partial charge is 0.193 e. The first kappa shape index (κ1) is 15.8. The lowest BCUT2D eigenvalue weighted by molar-refractivity contribution is 0.151. The lowest BCUT2D eigenvalue weighted by Crippen LogP contribution is -2.42. The summed E-state index contributed by atoms with van der Waals surface area (Å²) in [4.78, 5) is 11.5. The van der Waals surface area contributed by atoms with E-state index < -0.39 is 0 Å². The van der Waals surface area contributed by atoms with Crippen LogP contribution in [-0.4, -0.2) is 42.5 Å². The number of aromatic nitrogens is 1. The van der Waals surface area contributed by atoms with Crippen molar-refractivity contribution < 1.29 is 0 Å². The number of unbranched alkanes of at least 4 members (excludes halogenated alkanes) is 1. The molecule has 1 saturated heterocycles. The normalized spacial score (nSPS) is 20.5. The van der Waals surface area contributed by atoms with Crippen LogP contribution in [0.3, 0.4) is 0 Å². The van der Waals surface area contributed by atoms with Crippen molar-refractivity contribution in [2.45, 2.75) is 51.9 Å². The Morgan fingerprint density at radius 3 is 2.86 bits per heavy atom. The van der Waals surface area contributed by atoms with Crippen molar-refractivity contribution >= 4 is 17.3 Å². The van der Waals surface area contributed by atoms with Gasteiger partial charge in [-0.1, -0.05) is 6.42 Å². The molecule has 2 aliphatic rings. The van der Waals surface area contributed by atoms with E-state index in [0.717, 1.165) is 24.6 Å². The van der Waals surface area contributed by atoms with Gasteiger partial charge in [-0.05, 0) is 50.9 Å². The van der Waals surface area contributed by atoms with Crippen LogP contribution in [0.1, 0.15) is 49.2 Å². The summed E-state index contributed by atoms with van der Waals surface area (Å²) in [5.41, 5.74) is 1.79. The third-order valence-corrected chi connectivity index (χ3v) is 6.16. The third-order valence-electron chi connectivity index (χ3n) is 5.13. The molecule has 5 heteroatoms. The molecule has 0 amide bonds. The zero-order valence-corrected chi connectivity index (χ0v) is 14.7. The molecule has 1 aromatic heterocycles. The molecule has 1 aromatic rings.